The lowest BCUT2D eigenvalue weighted by molar-refractivity contribution is 0.0995. The van der Waals surface area contributed by atoms with Crippen molar-refractivity contribution in [3.8, 4) is 11.4 Å². The predicted molar refractivity (Wildman–Crippen MR) is 99.0 cm³/mol. The van der Waals surface area contributed by atoms with Crippen LogP contribution in [0.1, 0.15) is 48.3 Å². The lowest BCUT2D eigenvalue weighted by Crippen LogP contribution is -2.11. The van der Waals surface area contributed by atoms with Crippen molar-refractivity contribution in [1.29, 1.82) is 0 Å². The van der Waals surface area contributed by atoms with E-state index in [1.165, 1.54) is 12.1 Å². The third-order valence-corrected chi connectivity index (χ3v) is 4.81. The second-order valence-electron chi connectivity index (χ2n) is 6.67. The number of nitrogens with zero attached hydrogens (tertiary/aromatic N) is 3. The van der Waals surface area contributed by atoms with Gasteiger partial charge in [-0.2, -0.15) is 0 Å². The highest BCUT2D eigenvalue weighted by Crippen LogP contribution is 2.27. The average molecular weight is 368 g/mol. The van der Waals surface area contributed by atoms with Crippen molar-refractivity contribution in [3.05, 3.63) is 53.5 Å². The molecule has 1 N–H and O–H groups in total. The first kappa shape index (κ1) is 17.5. The van der Waals surface area contributed by atoms with E-state index < -0.39 is 5.82 Å². The van der Waals surface area contributed by atoms with E-state index >= 15 is 0 Å². The van der Waals surface area contributed by atoms with Gasteiger partial charge in [0.1, 0.15) is 17.4 Å². The lowest BCUT2D eigenvalue weighted by Gasteiger charge is -2.10. The Morgan fingerprint density at radius 2 is 2.11 bits per heavy atom. The third kappa shape index (κ3) is 3.49. The highest BCUT2D eigenvalue weighted by Gasteiger charge is 2.19. The third-order valence-electron chi connectivity index (χ3n) is 4.81. The smallest absolute Gasteiger partial charge is 0.291 e. The number of anilines is 1. The fraction of sp³-hybridized carbons (Fsp3) is 0.350. The molecular weight excluding hydrogens is 347 g/mol. The summed E-state index contributed by atoms with van der Waals surface area (Å²) in [6.07, 6.45) is 4.79. The molecule has 0 saturated heterocycles. The fourth-order valence-electron chi connectivity index (χ4n) is 3.34. The minimum absolute atomic E-state index is 0.231. The molecule has 3 heterocycles. The van der Waals surface area contributed by atoms with Crippen molar-refractivity contribution in [3.63, 3.8) is 0 Å². The van der Waals surface area contributed by atoms with E-state index in [0.717, 1.165) is 43.8 Å². The van der Waals surface area contributed by atoms with Gasteiger partial charge in [0.25, 0.3) is 5.91 Å². The van der Waals surface area contributed by atoms with Crippen LogP contribution in [0.3, 0.4) is 0 Å². The zero-order valence-corrected chi connectivity index (χ0v) is 15.2. The number of aryl methyl sites for hydroxylation is 2. The summed E-state index contributed by atoms with van der Waals surface area (Å²) < 4.78 is 22.0. The van der Waals surface area contributed by atoms with E-state index in [0.29, 0.717) is 23.5 Å². The highest BCUT2D eigenvalue weighted by molar-refractivity contribution is 6.02. The maximum atomic E-state index is 14.5. The summed E-state index contributed by atoms with van der Waals surface area (Å²) in [6, 6.07) is 7.87. The summed E-state index contributed by atoms with van der Waals surface area (Å²) in [7, 11) is 0. The summed E-state index contributed by atoms with van der Waals surface area (Å²) in [4.78, 5) is 12.4. The SMILES string of the molecule is CCc1ccc(C(=O)Nc2ccc(F)c(-c3nnc4n3CCCCC4)c2)o1. The van der Waals surface area contributed by atoms with E-state index in [2.05, 4.69) is 15.5 Å². The van der Waals surface area contributed by atoms with Crippen LogP contribution in [0.5, 0.6) is 0 Å². The van der Waals surface area contributed by atoms with Crippen molar-refractivity contribution in [2.75, 3.05) is 5.32 Å². The molecule has 2 aromatic heterocycles. The number of rotatable bonds is 4. The number of carbonyl (C=O) groups excluding carboxylic acids is 1. The molecule has 6 nitrogen and oxygen atoms in total. The van der Waals surface area contributed by atoms with E-state index in [4.69, 9.17) is 4.42 Å². The molecule has 1 aromatic carbocycles. The summed E-state index contributed by atoms with van der Waals surface area (Å²) in [6.45, 7) is 2.73. The van der Waals surface area contributed by atoms with Crippen LogP contribution in [0.4, 0.5) is 10.1 Å². The van der Waals surface area contributed by atoms with Gasteiger partial charge in [-0.25, -0.2) is 4.39 Å². The minimum Gasteiger partial charge on any atom is -0.456 e. The van der Waals surface area contributed by atoms with Gasteiger partial charge in [-0.1, -0.05) is 13.3 Å². The average Bonchev–Trinajstić information content (AvgIpc) is 3.25. The van der Waals surface area contributed by atoms with Gasteiger partial charge in [0.15, 0.2) is 11.6 Å². The Bertz CT molecular complexity index is 976. The van der Waals surface area contributed by atoms with Crippen LogP contribution in [0.15, 0.2) is 34.7 Å². The van der Waals surface area contributed by atoms with Crippen molar-refractivity contribution in [1.82, 2.24) is 14.8 Å². The maximum absolute atomic E-state index is 14.5. The lowest BCUT2D eigenvalue weighted by atomic mass is 10.1. The zero-order valence-electron chi connectivity index (χ0n) is 15.2. The number of nitrogens with one attached hydrogen (secondary N) is 1. The molecular formula is C20H21FN4O2. The molecule has 0 saturated carbocycles. The number of amides is 1. The first-order chi connectivity index (χ1) is 13.2. The Morgan fingerprint density at radius 1 is 1.22 bits per heavy atom. The summed E-state index contributed by atoms with van der Waals surface area (Å²) >= 11 is 0. The number of furan rings is 1. The van der Waals surface area contributed by atoms with Crippen LogP contribution in [-0.4, -0.2) is 20.7 Å². The van der Waals surface area contributed by atoms with Gasteiger partial charge >= 0.3 is 0 Å². The molecule has 1 amide bonds. The number of hydrogen-bond donors (Lipinski definition) is 1. The molecule has 27 heavy (non-hydrogen) atoms. The number of aromatic nitrogens is 3. The largest absolute Gasteiger partial charge is 0.456 e. The summed E-state index contributed by atoms with van der Waals surface area (Å²) in [5.74, 6) is 1.61. The van der Waals surface area contributed by atoms with Crippen LogP contribution in [0.25, 0.3) is 11.4 Å². The quantitative estimate of drug-likeness (QED) is 0.748. The van der Waals surface area contributed by atoms with Crippen LogP contribution >= 0.6 is 0 Å². The normalized spacial score (nSPS) is 13.9. The first-order valence-corrected chi connectivity index (χ1v) is 9.27. The first-order valence-electron chi connectivity index (χ1n) is 9.27. The molecule has 0 fully saturated rings. The maximum Gasteiger partial charge on any atom is 0.291 e. The second-order valence-corrected chi connectivity index (χ2v) is 6.67. The number of halogens is 1. The Kier molecular flexibility index (Phi) is 4.75. The van der Waals surface area contributed by atoms with E-state index in [9.17, 15) is 9.18 Å². The standard InChI is InChI=1S/C20H21FN4O2/c1-2-14-8-10-17(27-14)20(26)22-13-7-9-16(21)15(12-13)19-24-23-18-6-4-3-5-11-25(18)19/h7-10,12H,2-6,11H2,1H3,(H,22,26). The van der Waals surface area contributed by atoms with Gasteiger partial charge in [-0.3, -0.25) is 4.79 Å². The van der Waals surface area contributed by atoms with Gasteiger partial charge in [0.05, 0.1) is 5.56 Å². The van der Waals surface area contributed by atoms with E-state index in [1.54, 1.807) is 18.2 Å². The molecule has 7 heteroatoms. The highest BCUT2D eigenvalue weighted by atomic mass is 19.1. The summed E-state index contributed by atoms with van der Waals surface area (Å²) in [5, 5.41) is 11.2. The van der Waals surface area contributed by atoms with Crippen molar-refractivity contribution >= 4 is 11.6 Å². The molecule has 1 aliphatic heterocycles. The van der Waals surface area contributed by atoms with Gasteiger partial charge in [-0.05, 0) is 43.2 Å². The molecule has 0 bridgehead atoms. The van der Waals surface area contributed by atoms with Crippen molar-refractivity contribution in [2.45, 2.75) is 45.6 Å². The Hall–Kier alpha value is -2.96. The molecule has 0 radical (unpaired) electrons. The zero-order chi connectivity index (χ0) is 18.8. The molecule has 0 aliphatic carbocycles. The second kappa shape index (κ2) is 7.34. The molecule has 1 aliphatic rings. The number of hydrogen-bond acceptors (Lipinski definition) is 4. The Morgan fingerprint density at radius 3 is 2.93 bits per heavy atom. The molecule has 4 rings (SSSR count). The molecule has 0 atom stereocenters. The van der Waals surface area contributed by atoms with Gasteiger partial charge in [0, 0.05) is 25.1 Å². The number of benzene rings is 1. The molecule has 140 valence electrons. The monoisotopic (exact) mass is 368 g/mol. The Balaban J connectivity index is 1.62. The van der Waals surface area contributed by atoms with Crippen LogP contribution in [0.2, 0.25) is 0 Å². The summed E-state index contributed by atoms with van der Waals surface area (Å²) in [5.41, 5.74) is 0.818. The van der Waals surface area contributed by atoms with E-state index in [-0.39, 0.29) is 11.7 Å². The fourth-order valence-corrected chi connectivity index (χ4v) is 3.34. The van der Waals surface area contributed by atoms with Crippen LogP contribution in [-0.2, 0) is 19.4 Å². The number of carbonyl (C=O) groups is 1. The van der Waals surface area contributed by atoms with Gasteiger partial charge in [-0.15, -0.1) is 10.2 Å². The van der Waals surface area contributed by atoms with Crippen molar-refractivity contribution < 1.29 is 13.6 Å². The van der Waals surface area contributed by atoms with Crippen LogP contribution in [0, 0.1) is 5.82 Å². The topological polar surface area (TPSA) is 73.0 Å². The molecule has 0 spiro atoms. The van der Waals surface area contributed by atoms with Gasteiger partial charge in [0.2, 0.25) is 0 Å². The van der Waals surface area contributed by atoms with Crippen molar-refractivity contribution in [2.24, 2.45) is 0 Å². The van der Waals surface area contributed by atoms with Crippen LogP contribution < -0.4 is 5.32 Å². The predicted octanol–water partition coefficient (Wildman–Crippen LogP) is 4.22. The minimum atomic E-state index is -0.390. The molecule has 3 aromatic rings. The number of fused-ring (bicyclic) bond motifs is 1. The molecule has 0 unspecified atom stereocenters. The van der Waals surface area contributed by atoms with E-state index in [1.807, 2.05) is 11.5 Å². The Labute approximate surface area is 156 Å². The van der Waals surface area contributed by atoms with Gasteiger partial charge < -0.3 is 14.3 Å².